The van der Waals surface area contributed by atoms with E-state index in [1.807, 2.05) is 0 Å². The van der Waals surface area contributed by atoms with E-state index < -0.39 is 0 Å². The minimum atomic E-state index is 0.429. The molecule has 0 saturated heterocycles. The summed E-state index contributed by atoms with van der Waals surface area (Å²) >= 11 is 0. The molecule has 0 spiro atoms. The van der Waals surface area contributed by atoms with Crippen molar-refractivity contribution in [3.05, 3.63) is 11.1 Å². The zero-order valence-electron chi connectivity index (χ0n) is 12.6. The van der Waals surface area contributed by atoms with E-state index >= 15 is 0 Å². The average Bonchev–Trinajstić information content (AvgIpc) is 2.69. The molecule has 2 nitrogen and oxygen atoms in total. The fourth-order valence-electron chi connectivity index (χ4n) is 2.95. The Hall–Kier alpha value is -0.630. The van der Waals surface area contributed by atoms with Crippen LogP contribution in [0, 0.1) is 5.92 Å². The summed E-state index contributed by atoms with van der Waals surface area (Å²) in [7, 11) is 4.25. The number of carbonyl (C=O) groups excluding carboxylic acids is 1. The highest BCUT2D eigenvalue weighted by Crippen LogP contribution is 2.29. The Morgan fingerprint density at radius 1 is 1.28 bits per heavy atom. The zero-order chi connectivity index (χ0) is 13.5. The summed E-state index contributed by atoms with van der Waals surface area (Å²) in [6.45, 7) is 5.66. The van der Waals surface area contributed by atoms with Crippen molar-refractivity contribution in [1.29, 1.82) is 0 Å². The quantitative estimate of drug-likeness (QED) is 0.641. The van der Waals surface area contributed by atoms with Gasteiger partial charge >= 0.3 is 0 Å². The Morgan fingerprint density at radius 2 is 2.00 bits per heavy atom. The van der Waals surface area contributed by atoms with Crippen molar-refractivity contribution >= 4 is 5.78 Å². The monoisotopic (exact) mass is 251 g/mol. The van der Waals surface area contributed by atoms with Gasteiger partial charge in [-0.3, -0.25) is 4.79 Å². The van der Waals surface area contributed by atoms with E-state index in [4.69, 9.17) is 0 Å². The number of rotatable bonds is 7. The first-order chi connectivity index (χ1) is 8.54. The molecule has 1 aliphatic rings. The van der Waals surface area contributed by atoms with Crippen LogP contribution >= 0.6 is 0 Å². The fourth-order valence-corrected chi connectivity index (χ4v) is 2.95. The molecular formula is C16H29NO. The third-order valence-electron chi connectivity index (χ3n) is 3.76. The lowest BCUT2D eigenvalue weighted by atomic mass is 9.93. The molecule has 0 heterocycles. The van der Waals surface area contributed by atoms with Gasteiger partial charge < -0.3 is 4.90 Å². The Kier molecular flexibility index (Phi) is 6.62. The molecule has 2 heteroatoms. The SMILES string of the molecule is CCCC(CCC(C)CN(C)C)=C1CCCC1=O. The van der Waals surface area contributed by atoms with Crippen LogP contribution in [0.3, 0.4) is 0 Å². The van der Waals surface area contributed by atoms with Crippen LogP contribution in [-0.2, 0) is 4.79 Å². The van der Waals surface area contributed by atoms with Gasteiger partial charge in [-0.2, -0.15) is 0 Å². The maximum Gasteiger partial charge on any atom is 0.158 e. The van der Waals surface area contributed by atoms with E-state index in [1.165, 1.54) is 17.6 Å². The highest BCUT2D eigenvalue weighted by molar-refractivity contribution is 5.98. The van der Waals surface area contributed by atoms with Crippen molar-refractivity contribution in [2.75, 3.05) is 20.6 Å². The summed E-state index contributed by atoms with van der Waals surface area (Å²) in [5.41, 5.74) is 2.65. The summed E-state index contributed by atoms with van der Waals surface area (Å²) in [5, 5.41) is 0. The molecule has 0 aliphatic heterocycles. The molecule has 1 aliphatic carbocycles. The summed E-state index contributed by atoms with van der Waals surface area (Å²) in [6, 6.07) is 0. The molecule has 1 atom stereocenters. The number of Topliss-reactive ketones (excluding diaryl/α,β-unsaturated/α-hetero) is 1. The summed E-state index contributed by atoms with van der Waals surface area (Å²) in [4.78, 5) is 14.1. The Labute approximate surface area is 112 Å². The average molecular weight is 251 g/mol. The highest BCUT2D eigenvalue weighted by Gasteiger charge is 2.20. The lowest BCUT2D eigenvalue weighted by Crippen LogP contribution is -2.19. The third kappa shape index (κ3) is 4.93. The zero-order valence-corrected chi connectivity index (χ0v) is 12.6. The van der Waals surface area contributed by atoms with Gasteiger partial charge in [0.2, 0.25) is 0 Å². The van der Waals surface area contributed by atoms with Crippen molar-refractivity contribution in [2.45, 2.75) is 58.8 Å². The number of hydrogen-bond acceptors (Lipinski definition) is 2. The molecule has 0 amide bonds. The summed E-state index contributed by atoms with van der Waals surface area (Å²) in [5.74, 6) is 1.14. The van der Waals surface area contributed by atoms with E-state index in [-0.39, 0.29) is 0 Å². The lowest BCUT2D eigenvalue weighted by Gasteiger charge is -2.18. The van der Waals surface area contributed by atoms with E-state index in [0.29, 0.717) is 11.7 Å². The molecule has 104 valence electrons. The van der Waals surface area contributed by atoms with E-state index in [2.05, 4.69) is 32.8 Å². The second-order valence-corrected chi connectivity index (χ2v) is 6.01. The molecule has 0 aromatic rings. The fraction of sp³-hybridized carbons (Fsp3) is 0.812. The topological polar surface area (TPSA) is 20.3 Å². The Morgan fingerprint density at radius 3 is 2.50 bits per heavy atom. The molecule has 1 rings (SSSR count). The van der Waals surface area contributed by atoms with Crippen LogP contribution in [0.1, 0.15) is 58.8 Å². The van der Waals surface area contributed by atoms with Gasteiger partial charge in [-0.05, 0) is 57.7 Å². The predicted molar refractivity (Wildman–Crippen MR) is 77.7 cm³/mol. The van der Waals surface area contributed by atoms with Crippen molar-refractivity contribution in [3.63, 3.8) is 0 Å². The van der Waals surface area contributed by atoms with Gasteiger partial charge in [-0.1, -0.05) is 25.8 Å². The van der Waals surface area contributed by atoms with Gasteiger partial charge in [0.25, 0.3) is 0 Å². The number of allylic oxidation sites excluding steroid dienone is 2. The van der Waals surface area contributed by atoms with Crippen molar-refractivity contribution in [2.24, 2.45) is 5.92 Å². The van der Waals surface area contributed by atoms with E-state index in [0.717, 1.165) is 45.1 Å². The first-order valence-electron chi connectivity index (χ1n) is 7.43. The van der Waals surface area contributed by atoms with Crippen LogP contribution in [0.2, 0.25) is 0 Å². The van der Waals surface area contributed by atoms with Crippen LogP contribution < -0.4 is 0 Å². The molecule has 18 heavy (non-hydrogen) atoms. The van der Waals surface area contributed by atoms with Gasteiger partial charge in [0.1, 0.15) is 0 Å². The van der Waals surface area contributed by atoms with Gasteiger partial charge in [0.15, 0.2) is 5.78 Å². The normalized spacial score (nSPS) is 20.6. The lowest BCUT2D eigenvalue weighted by molar-refractivity contribution is -0.114. The molecule has 1 saturated carbocycles. The van der Waals surface area contributed by atoms with Crippen LogP contribution in [0.25, 0.3) is 0 Å². The second kappa shape index (κ2) is 7.73. The minimum absolute atomic E-state index is 0.429. The maximum absolute atomic E-state index is 11.8. The van der Waals surface area contributed by atoms with Crippen LogP contribution in [0.4, 0.5) is 0 Å². The van der Waals surface area contributed by atoms with E-state index in [1.54, 1.807) is 0 Å². The maximum atomic E-state index is 11.8. The molecule has 0 aromatic heterocycles. The van der Waals surface area contributed by atoms with E-state index in [9.17, 15) is 4.79 Å². The first kappa shape index (κ1) is 15.4. The molecule has 1 unspecified atom stereocenters. The minimum Gasteiger partial charge on any atom is -0.309 e. The van der Waals surface area contributed by atoms with Crippen molar-refractivity contribution < 1.29 is 4.79 Å². The molecule has 0 radical (unpaired) electrons. The number of carbonyl (C=O) groups is 1. The van der Waals surface area contributed by atoms with Gasteiger partial charge in [0.05, 0.1) is 0 Å². The van der Waals surface area contributed by atoms with Crippen molar-refractivity contribution in [3.8, 4) is 0 Å². The Bertz CT molecular complexity index is 304. The Balaban J connectivity index is 2.56. The van der Waals surface area contributed by atoms with Gasteiger partial charge in [-0.25, -0.2) is 0 Å². The predicted octanol–water partition coefficient (Wildman–Crippen LogP) is 3.81. The largest absolute Gasteiger partial charge is 0.309 e. The number of hydrogen-bond donors (Lipinski definition) is 0. The summed E-state index contributed by atoms with van der Waals surface area (Å²) in [6.07, 6.45) is 7.53. The summed E-state index contributed by atoms with van der Waals surface area (Å²) < 4.78 is 0. The van der Waals surface area contributed by atoms with Crippen LogP contribution in [0.15, 0.2) is 11.1 Å². The van der Waals surface area contributed by atoms with Crippen molar-refractivity contribution in [1.82, 2.24) is 4.90 Å². The third-order valence-corrected chi connectivity index (χ3v) is 3.76. The first-order valence-corrected chi connectivity index (χ1v) is 7.43. The molecular weight excluding hydrogens is 222 g/mol. The van der Waals surface area contributed by atoms with Crippen LogP contribution in [0.5, 0.6) is 0 Å². The smallest absolute Gasteiger partial charge is 0.158 e. The second-order valence-electron chi connectivity index (χ2n) is 6.01. The number of nitrogens with zero attached hydrogens (tertiary/aromatic N) is 1. The molecule has 0 N–H and O–H groups in total. The molecule has 0 bridgehead atoms. The van der Waals surface area contributed by atoms with Crippen LogP contribution in [-0.4, -0.2) is 31.3 Å². The number of ketones is 1. The standard InChI is InChI=1S/C16H29NO/c1-5-7-14(15-8-6-9-16(15)18)11-10-13(2)12-17(3)4/h13H,5-12H2,1-4H3. The van der Waals surface area contributed by atoms with Gasteiger partial charge in [0, 0.05) is 13.0 Å². The highest BCUT2D eigenvalue weighted by atomic mass is 16.1. The molecule has 0 aromatic carbocycles. The molecule has 1 fully saturated rings. The van der Waals surface area contributed by atoms with Gasteiger partial charge in [-0.15, -0.1) is 0 Å².